The van der Waals surface area contributed by atoms with Gasteiger partial charge in [0.2, 0.25) is 0 Å². The van der Waals surface area contributed by atoms with Crippen LogP contribution in [0.15, 0.2) is 24.3 Å². The average Bonchev–Trinajstić information content (AvgIpc) is 2.65. The van der Waals surface area contributed by atoms with E-state index in [4.69, 9.17) is 5.73 Å². The van der Waals surface area contributed by atoms with E-state index in [1.165, 1.54) is 18.6 Å². The number of hydrogen-bond acceptors (Lipinski definition) is 2. The molecule has 0 unspecified atom stereocenters. The number of benzene rings is 1. The van der Waals surface area contributed by atoms with E-state index in [1.807, 2.05) is 13.1 Å². The molecule has 0 spiro atoms. The number of aromatic nitrogens is 2. The molecular formula is C15H20FN3. The van der Waals surface area contributed by atoms with E-state index < -0.39 is 0 Å². The predicted molar refractivity (Wildman–Crippen MR) is 76.2 cm³/mol. The zero-order chi connectivity index (χ0) is 13.8. The first-order valence-electron chi connectivity index (χ1n) is 6.70. The van der Waals surface area contributed by atoms with Crippen LogP contribution in [0.5, 0.6) is 0 Å². The molecule has 3 nitrogen and oxygen atoms in total. The number of hydrogen-bond donors (Lipinski definition) is 1. The molecule has 0 saturated carbocycles. The standard InChI is InChI=1S/C15H20FN3/c1-3-4-5-9-13-14(15(17)19(2)18-13)11-7-6-8-12(16)10-11/h6-8,10H,3-5,9,17H2,1-2H3. The van der Waals surface area contributed by atoms with Gasteiger partial charge in [-0.3, -0.25) is 4.68 Å². The fourth-order valence-corrected chi connectivity index (χ4v) is 2.27. The molecule has 4 heteroatoms. The zero-order valence-corrected chi connectivity index (χ0v) is 11.5. The maximum absolute atomic E-state index is 13.4. The first-order chi connectivity index (χ1) is 9.13. The van der Waals surface area contributed by atoms with Crippen LogP contribution < -0.4 is 5.73 Å². The van der Waals surface area contributed by atoms with E-state index in [9.17, 15) is 4.39 Å². The topological polar surface area (TPSA) is 43.8 Å². The van der Waals surface area contributed by atoms with Crippen LogP contribution in [0.4, 0.5) is 10.2 Å². The van der Waals surface area contributed by atoms with Crippen molar-refractivity contribution >= 4 is 5.82 Å². The first kappa shape index (κ1) is 13.6. The van der Waals surface area contributed by atoms with Gasteiger partial charge in [-0.15, -0.1) is 0 Å². The van der Waals surface area contributed by atoms with E-state index >= 15 is 0 Å². The summed E-state index contributed by atoms with van der Waals surface area (Å²) in [5.74, 6) is 0.345. The molecule has 1 aromatic heterocycles. The second kappa shape index (κ2) is 5.87. The number of nitrogens with two attached hydrogens (primary N) is 1. The van der Waals surface area contributed by atoms with E-state index in [-0.39, 0.29) is 5.82 Å². The second-order valence-electron chi connectivity index (χ2n) is 4.80. The van der Waals surface area contributed by atoms with Gasteiger partial charge in [0, 0.05) is 12.6 Å². The van der Waals surface area contributed by atoms with Crippen molar-refractivity contribution in [3.63, 3.8) is 0 Å². The Kier molecular flexibility index (Phi) is 4.20. The quantitative estimate of drug-likeness (QED) is 0.837. The number of nitrogen functional groups attached to an aromatic ring is 1. The van der Waals surface area contributed by atoms with Gasteiger partial charge >= 0.3 is 0 Å². The lowest BCUT2D eigenvalue weighted by Gasteiger charge is -2.04. The van der Waals surface area contributed by atoms with Gasteiger partial charge in [0.1, 0.15) is 11.6 Å². The molecule has 0 aliphatic rings. The highest BCUT2D eigenvalue weighted by Gasteiger charge is 2.15. The molecule has 2 N–H and O–H groups in total. The van der Waals surface area contributed by atoms with Gasteiger partial charge in [0.05, 0.1) is 5.69 Å². The summed E-state index contributed by atoms with van der Waals surface area (Å²) in [4.78, 5) is 0. The molecule has 2 aromatic rings. The molecule has 0 saturated heterocycles. The van der Waals surface area contributed by atoms with Crippen molar-refractivity contribution in [1.29, 1.82) is 0 Å². The van der Waals surface area contributed by atoms with E-state index in [0.29, 0.717) is 5.82 Å². The molecule has 0 aliphatic heterocycles. The molecule has 102 valence electrons. The molecular weight excluding hydrogens is 241 g/mol. The fourth-order valence-electron chi connectivity index (χ4n) is 2.27. The van der Waals surface area contributed by atoms with Gasteiger partial charge < -0.3 is 5.73 Å². The Morgan fingerprint density at radius 1 is 1.32 bits per heavy atom. The highest BCUT2D eigenvalue weighted by Crippen LogP contribution is 2.30. The smallest absolute Gasteiger partial charge is 0.129 e. The first-order valence-corrected chi connectivity index (χ1v) is 6.70. The summed E-state index contributed by atoms with van der Waals surface area (Å²) < 4.78 is 15.0. The largest absolute Gasteiger partial charge is 0.383 e. The third kappa shape index (κ3) is 2.95. The molecule has 0 bridgehead atoms. The number of nitrogens with zero attached hydrogens (tertiary/aromatic N) is 2. The van der Waals surface area contributed by atoms with Gasteiger partial charge in [-0.05, 0) is 30.5 Å². The van der Waals surface area contributed by atoms with Crippen LogP contribution in [-0.2, 0) is 13.5 Å². The number of anilines is 1. The van der Waals surface area contributed by atoms with Crippen LogP contribution in [0.25, 0.3) is 11.1 Å². The Morgan fingerprint density at radius 2 is 2.11 bits per heavy atom. The van der Waals surface area contributed by atoms with Crippen LogP contribution in [-0.4, -0.2) is 9.78 Å². The van der Waals surface area contributed by atoms with Crippen molar-refractivity contribution in [3.05, 3.63) is 35.8 Å². The lowest BCUT2D eigenvalue weighted by Crippen LogP contribution is -1.98. The Morgan fingerprint density at radius 3 is 2.79 bits per heavy atom. The minimum Gasteiger partial charge on any atom is -0.383 e. The highest BCUT2D eigenvalue weighted by molar-refractivity contribution is 5.76. The van der Waals surface area contributed by atoms with Crippen molar-refractivity contribution in [2.24, 2.45) is 7.05 Å². The van der Waals surface area contributed by atoms with Gasteiger partial charge in [0.25, 0.3) is 0 Å². The fraction of sp³-hybridized carbons (Fsp3) is 0.400. The number of unbranched alkanes of at least 4 members (excludes halogenated alkanes) is 2. The van der Waals surface area contributed by atoms with Crippen LogP contribution >= 0.6 is 0 Å². The summed E-state index contributed by atoms with van der Waals surface area (Å²) in [6.07, 6.45) is 4.29. The van der Waals surface area contributed by atoms with E-state index in [0.717, 1.165) is 36.1 Å². The molecule has 2 rings (SSSR count). The number of halogens is 1. The Bertz CT molecular complexity index is 561. The molecule has 0 atom stereocenters. The minimum absolute atomic E-state index is 0.250. The third-order valence-corrected chi connectivity index (χ3v) is 3.29. The molecule has 19 heavy (non-hydrogen) atoms. The van der Waals surface area contributed by atoms with E-state index in [1.54, 1.807) is 10.7 Å². The van der Waals surface area contributed by atoms with E-state index in [2.05, 4.69) is 12.0 Å². The van der Waals surface area contributed by atoms with Gasteiger partial charge in [0.15, 0.2) is 0 Å². The van der Waals surface area contributed by atoms with Crippen LogP contribution in [0.3, 0.4) is 0 Å². The van der Waals surface area contributed by atoms with Gasteiger partial charge in [-0.2, -0.15) is 5.10 Å². The highest BCUT2D eigenvalue weighted by atomic mass is 19.1. The Balaban J connectivity index is 2.37. The SMILES string of the molecule is CCCCCc1nn(C)c(N)c1-c1cccc(F)c1. The lowest BCUT2D eigenvalue weighted by atomic mass is 10.0. The third-order valence-electron chi connectivity index (χ3n) is 3.29. The van der Waals surface area contributed by atoms with Crippen LogP contribution in [0.2, 0.25) is 0 Å². The molecule has 0 radical (unpaired) electrons. The maximum atomic E-state index is 13.4. The van der Waals surface area contributed by atoms with Crippen molar-refractivity contribution in [2.45, 2.75) is 32.6 Å². The minimum atomic E-state index is -0.250. The monoisotopic (exact) mass is 261 g/mol. The van der Waals surface area contributed by atoms with Crippen molar-refractivity contribution in [2.75, 3.05) is 5.73 Å². The summed E-state index contributed by atoms with van der Waals surface area (Å²) in [6.45, 7) is 2.17. The Hall–Kier alpha value is -1.84. The second-order valence-corrected chi connectivity index (χ2v) is 4.80. The van der Waals surface area contributed by atoms with Crippen LogP contribution in [0, 0.1) is 5.82 Å². The normalized spacial score (nSPS) is 10.9. The zero-order valence-electron chi connectivity index (χ0n) is 11.5. The van der Waals surface area contributed by atoms with Gasteiger partial charge in [-0.25, -0.2) is 4.39 Å². The summed E-state index contributed by atoms with van der Waals surface area (Å²) in [5.41, 5.74) is 8.70. The number of aryl methyl sites for hydroxylation is 2. The Labute approximate surface area is 113 Å². The van der Waals surface area contributed by atoms with Crippen molar-refractivity contribution in [3.8, 4) is 11.1 Å². The molecule has 0 amide bonds. The lowest BCUT2D eigenvalue weighted by molar-refractivity contribution is 0.628. The average molecular weight is 261 g/mol. The maximum Gasteiger partial charge on any atom is 0.129 e. The molecule has 1 heterocycles. The van der Waals surface area contributed by atoms with Crippen molar-refractivity contribution < 1.29 is 4.39 Å². The summed E-state index contributed by atoms with van der Waals surface area (Å²) in [7, 11) is 1.82. The number of rotatable bonds is 5. The summed E-state index contributed by atoms with van der Waals surface area (Å²) >= 11 is 0. The van der Waals surface area contributed by atoms with Crippen LogP contribution in [0.1, 0.15) is 31.9 Å². The molecule has 1 aromatic carbocycles. The predicted octanol–water partition coefficient (Wildman–Crippen LogP) is 3.54. The van der Waals surface area contributed by atoms with Crippen molar-refractivity contribution in [1.82, 2.24) is 9.78 Å². The molecule has 0 aliphatic carbocycles. The molecule has 0 fully saturated rings. The van der Waals surface area contributed by atoms with Gasteiger partial charge in [-0.1, -0.05) is 31.9 Å². The summed E-state index contributed by atoms with van der Waals surface area (Å²) in [6, 6.07) is 6.52. The summed E-state index contributed by atoms with van der Waals surface area (Å²) in [5, 5.41) is 4.46.